The van der Waals surface area contributed by atoms with Crippen LogP contribution in [0.15, 0.2) is 213 Å². The highest BCUT2D eigenvalue weighted by atomic mass is 15.0. The zero-order chi connectivity index (χ0) is 39.8. The molecule has 0 amide bonds. The van der Waals surface area contributed by atoms with Gasteiger partial charge < -0.3 is 0 Å². The van der Waals surface area contributed by atoms with Crippen LogP contribution in [0.4, 0.5) is 0 Å². The molecule has 0 spiro atoms. The topological polar surface area (TPSA) is 73.3 Å². The molecule has 5 heterocycles. The summed E-state index contributed by atoms with van der Waals surface area (Å²) in [6.45, 7) is 0. The van der Waals surface area contributed by atoms with Crippen molar-refractivity contribution in [3.05, 3.63) is 213 Å². The van der Waals surface area contributed by atoms with Crippen molar-refractivity contribution in [1.29, 1.82) is 0 Å². The Labute approximate surface area is 346 Å². The van der Waals surface area contributed by atoms with Crippen molar-refractivity contribution in [2.45, 2.75) is 0 Å². The number of imidazole rings is 2. The van der Waals surface area contributed by atoms with Crippen LogP contribution < -0.4 is 0 Å². The zero-order valence-corrected chi connectivity index (χ0v) is 32.3. The SMILES string of the molecule is c1ccc(-c2ccc(-c3nc(-c4ccc(-c5nc6ccccn6c5-c5ccccc5)cc4)nc(-c4ccc(-c5nc6ccccn6c5-c5ccccc5)cc4)n3)cc2)cc1. The predicted octanol–water partition coefficient (Wildman–Crippen LogP) is 12.5. The highest BCUT2D eigenvalue weighted by molar-refractivity contribution is 5.84. The average Bonchev–Trinajstić information content (AvgIpc) is 3.92. The summed E-state index contributed by atoms with van der Waals surface area (Å²) in [5, 5.41) is 0. The van der Waals surface area contributed by atoms with E-state index in [9.17, 15) is 0 Å². The molecule has 0 saturated heterocycles. The van der Waals surface area contributed by atoms with Crippen molar-refractivity contribution in [3.63, 3.8) is 0 Å². The molecule has 11 rings (SSSR count). The summed E-state index contributed by atoms with van der Waals surface area (Å²) in [6.07, 6.45) is 4.13. The molecule has 282 valence electrons. The summed E-state index contributed by atoms with van der Waals surface area (Å²) in [4.78, 5) is 25.4. The number of rotatable bonds is 8. The number of fused-ring (bicyclic) bond motifs is 2. The Kier molecular flexibility index (Phi) is 8.67. The maximum atomic E-state index is 5.11. The summed E-state index contributed by atoms with van der Waals surface area (Å²) in [5.41, 5.74) is 14.9. The Bertz CT molecular complexity index is 3090. The van der Waals surface area contributed by atoms with E-state index < -0.39 is 0 Å². The Balaban J connectivity index is 1.00. The van der Waals surface area contributed by atoms with Crippen LogP contribution >= 0.6 is 0 Å². The van der Waals surface area contributed by atoms with E-state index in [0.29, 0.717) is 17.5 Å². The van der Waals surface area contributed by atoms with E-state index in [0.717, 1.165) is 84.1 Å². The summed E-state index contributed by atoms with van der Waals surface area (Å²) in [7, 11) is 0. The number of aromatic nitrogens is 7. The highest BCUT2D eigenvalue weighted by Crippen LogP contribution is 2.36. The number of nitrogens with zero attached hydrogens (tertiary/aromatic N) is 7. The summed E-state index contributed by atoms with van der Waals surface area (Å²) >= 11 is 0. The van der Waals surface area contributed by atoms with Crippen LogP contribution in [0.1, 0.15) is 0 Å². The number of hydrogen-bond donors (Lipinski definition) is 0. The summed E-state index contributed by atoms with van der Waals surface area (Å²) in [5.74, 6) is 1.77. The van der Waals surface area contributed by atoms with Gasteiger partial charge in [-0.15, -0.1) is 0 Å². The van der Waals surface area contributed by atoms with E-state index in [-0.39, 0.29) is 0 Å². The molecular formula is C53H35N7. The molecule has 0 N–H and O–H groups in total. The normalized spacial score (nSPS) is 11.3. The minimum Gasteiger partial charge on any atom is -0.299 e. The minimum absolute atomic E-state index is 0.586. The lowest BCUT2D eigenvalue weighted by atomic mass is 10.0. The third-order valence-corrected chi connectivity index (χ3v) is 10.9. The first kappa shape index (κ1) is 34.9. The quantitative estimate of drug-likeness (QED) is 0.154. The maximum absolute atomic E-state index is 5.11. The van der Waals surface area contributed by atoms with Crippen LogP contribution in [0.3, 0.4) is 0 Å². The molecule has 7 heteroatoms. The Morgan fingerprint density at radius 2 is 0.533 bits per heavy atom. The van der Waals surface area contributed by atoms with Gasteiger partial charge in [0.15, 0.2) is 17.5 Å². The molecule has 0 bridgehead atoms. The fourth-order valence-corrected chi connectivity index (χ4v) is 7.90. The van der Waals surface area contributed by atoms with Crippen LogP contribution in [0.25, 0.3) is 102 Å². The second kappa shape index (κ2) is 14.9. The first-order valence-electron chi connectivity index (χ1n) is 19.9. The molecule has 60 heavy (non-hydrogen) atoms. The van der Waals surface area contributed by atoms with Gasteiger partial charge in [-0.25, -0.2) is 24.9 Å². The number of pyridine rings is 2. The van der Waals surface area contributed by atoms with Crippen LogP contribution in [0.2, 0.25) is 0 Å². The standard InChI is InChI=1S/C53H35N7/c1-4-14-36(15-5-1)37-22-28-42(29-23-37)51-56-52(43-30-24-38(25-31-43)47-49(40-16-6-2-7-17-40)59-34-12-10-20-45(59)54-47)58-53(57-51)44-32-26-39(27-33-44)48-50(41-18-8-3-9-19-41)60-35-13-11-21-46(60)55-48/h1-35H. The molecule has 0 saturated carbocycles. The molecule has 11 aromatic rings. The molecule has 0 aliphatic carbocycles. The molecule has 6 aromatic carbocycles. The van der Waals surface area contributed by atoms with Gasteiger partial charge in [-0.2, -0.15) is 0 Å². The van der Waals surface area contributed by atoms with Gasteiger partial charge >= 0.3 is 0 Å². The second-order valence-electron chi connectivity index (χ2n) is 14.6. The fraction of sp³-hybridized carbons (Fsp3) is 0. The molecular weight excluding hydrogens is 735 g/mol. The molecule has 7 nitrogen and oxygen atoms in total. The van der Waals surface area contributed by atoms with Crippen molar-refractivity contribution in [1.82, 2.24) is 33.7 Å². The first-order chi connectivity index (χ1) is 29.7. The fourth-order valence-electron chi connectivity index (χ4n) is 7.90. The van der Waals surface area contributed by atoms with Crippen LogP contribution in [-0.2, 0) is 0 Å². The van der Waals surface area contributed by atoms with E-state index >= 15 is 0 Å². The van der Waals surface area contributed by atoms with Gasteiger partial charge in [0.05, 0.1) is 22.8 Å². The lowest BCUT2D eigenvalue weighted by Crippen LogP contribution is -2.00. The molecule has 0 aliphatic rings. The molecule has 0 radical (unpaired) electrons. The number of benzene rings is 6. The van der Waals surface area contributed by atoms with Crippen LogP contribution in [0, 0.1) is 0 Å². The van der Waals surface area contributed by atoms with Gasteiger partial charge in [-0.1, -0.05) is 176 Å². The van der Waals surface area contributed by atoms with Gasteiger partial charge in [0.1, 0.15) is 11.3 Å². The lowest BCUT2D eigenvalue weighted by Gasteiger charge is -2.11. The molecule has 0 fully saturated rings. The Morgan fingerprint density at radius 1 is 0.233 bits per heavy atom. The zero-order valence-electron chi connectivity index (χ0n) is 32.3. The number of hydrogen-bond acceptors (Lipinski definition) is 5. The van der Waals surface area contributed by atoms with Crippen molar-refractivity contribution >= 4 is 11.3 Å². The molecule has 0 aliphatic heterocycles. The van der Waals surface area contributed by atoms with Crippen LogP contribution in [-0.4, -0.2) is 33.7 Å². The van der Waals surface area contributed by atoms with Crippen molar-refractivity contribution in [2.75, 3.05) is 0 Å². The average molecular weight is 770 g/mol. The van der Waals surface area contributed by atoms with Crippen LogP contribution in [0.5, 0.6) is 0 Å². The predicted molar refractivity (Wildman–Crippen MR) is 241 cm³/mol. The molecule has 0 atom stereocenters. The van der Waals surface area contributed by atoms with Gasteiger partial charge in [0.25, 0.3) is 0 Å². The third kappa shape index (κ3) is 6.40. The van der Waals surface area contributed by atoms with Gasteiger partial charge in [-0.05, 0) is 35.4 Å². The first-order valence-corrected chi connectivity index (χ1v) is 19.9. The monoisotopic (exact) mass is 769 g/mol. The van der Waals surface area contributed by atoms with Gasteiger partial charge in [0.2, 0.25) is 0 Å². The molecule has 5 aromatic heterocycles. The van der Waals surface area contributed by atoms with Crippen molar-refractivity contribution < 1.29 is 0 Å². The Morgan fingerprint density at radius 3 is 0.917 bits per heavy atom. The van der Waals surface area contributed by atoms with Gasteiger partial charge in [0, 0.05) is 51.3 Å². The smallest absolute Gasteiger partial charge is 0.164 e. The van der Waals surface area contributed by atoms with E-state index in [1.54, 1.807) is 0 Å². The second-order valence-corrected chi connectivity index (χ2v) is 14.6. The third-order valence-electron chi connectivity index (χ3n) is 10.9. The minimum atomic E-state index is 0.586. The van der Waals surface area contributed by atoms with E-state index in [4.69, 9.17) is 24.9 Å². The lowest BCUT2D eigenvalue weighted by molar-refractivity contribution is 1.07. The maximum Gasteiger partial charge on any atom is 0.164 e. The Hall–Kier alpha value is -8.29. The highest BCUT2D eigenvalue weighted by Gasteiger charge is 2.19. The van der Waals surface area contributed by atoms with E-state index in [1.165, 1.54) is 0 Å². The summed E-state index contributed by atoms with van der Waals surface area (Å²) in [6, 6.07) is 68.5. The van der Waals surface area contributed by atoms with E-state index in [1.807, 2.05) is 54.6 Å². The van der Waals surface area contributed by atoms with Crippen molar-refractivity contribution in [2.24, 2.45) is 0 Å². The molecule has 0 unspecified atom stereocenters. The largest absolute Gasteiger partial charge is 0.299 e. The van der Waals surface area contributed by atoms with E-state index in [2.05, 4.69) is 167 Å². The van der Waals surface area contributed by atoms with Crippen molar-refractivity contribution in [3.8, 4) is 90.3 Å². The summed E-state index contributed by atoms with van der Waals surface area (Å²) < 4.78 is 4.30. The van der Waals surface area contributed by atoms with Gasteiger partial charge in [-0.3, -0.25) is 8.80 Å².